The molecule has 0 aliphatic carbocycles. The Bertz CT molecular complexity index is 363. The molecule has 0 heterocycles. The van der Waals surface area contributed by atoms with Gasteiger partial charge in [-0.05, 0) is 44.9 Å². The van der Waals surface area contributed by atoms with Gasteiger partial charge in [0.2, 0.25) is 0 Å². The van der Waals surface area contributed by atoms with E-state index < -0.39 is 5.97 Å². The summed E-state index contributed by atoms with van der Waals surface area (Å²) in [6.45, 7) is 13.3. The minimum absolute atomic E-state index is 0. The monoisotopic (exact) mass is 519 g/mol. The molecule has 0 bridgehead atoms. The van der Waals surface area contributed by atoms with E-state index in [0.29, 0.717) is 6.42 Å². The van der Waals surface area contributed by atoms with E-state index in [4.69, 9.17) is 5.11 Å². The van der Waals surface area contributed by atoms with E-state index in [0.717, 1.165) is 19.3 Å². The lowest BCUT2D eigenvalue weighted by Gasteiger charge is -2.35. The summed E-state index contributed by atoms with van der Waals surface area (Å²) in [5.41, 5.74) is 0. The first-order valence-electron chi connectivity index (χ1n) is 15.5. The SMILES string of the molecule is CCCCCC(=O)O.CCCCCCCC[N+](C)(CCCCCCCC)CCCCCCCC.[Cl-]. The maximum atomic E-state index is 9.87. The molecule has 0 fully saturated rings. The Hall–Kier alpha value is -0.280. The molecule has 0 atom stereocenters. The maximum Gasteiger partial charge on any atom is 0.303 e. The Kier molecular flexibility index (Phi) is 35.6. The van der Waals surface area contributed by atoms with Crippen molar-refractivity contribution in [1.29, 1.82) is 0 Å². The number of hydrogen-bond acceptors (Lipinski definition) is 1. The van der Waals surface area contributed by atoms with E-state index in [-0.39, 0.29) is 12.4 Å². The van der Waals surface area contributed by atoms with E-state index in [2.05, 4.69) is 34.7 Å². The Morgan fingerprint density at radius 3 is 1.03 bits per heavy atom. The zero-order chi connectivity index (χ0) is 25.8. The van der Waals surface area contributed by atoms with Crippen LogP contribution in [0.4, 0.5) is 0 Å². The van der Waals surface area contributed by atoms with Crippen molar-refractivity contribution in [3.63, 3.8) is 0 Å². The van der Waals surface area contributed by atoms with Crippen LogP contribution in [-0.4, -0.2) is 42.2 Å². The van der Waals surface area contributed by atoms with Crippen molar-refractivity contribution in [1.82, 2.24) is 0 Å². The van der Waals surface area contributed by atoms with Gasteiger partial charge in [-0.3, -0.25) is 4.79 Å². The van der Waals surface area contributed by atoms with Gasteiger partial charge in [-0.2, -0.15) is 0 Å². The number of halogens is 1. The van der Waals surface area contributed by atoms with Gasteiger partial charge in [0.15, 0.2) is 0 Å². The number of carbonyl (C=O) groups is 1. The van der Waals surface area contributed by atoms with Gasteiger partial charge in [0.05, 0.1) is 26.7 Å². The number of rotatable bonds is 25. The number of aliphatic carboxylic acids is 1. The van der Waals surface area contributed by atoms with Gasteiger partial charge in [0, 0.05) is 6.42 Å². The van der Waals surface area contributed by atoms with Crippen LogP contribution in [0.1, 0.15) is 169 Å². The molecular formula is C31H66ClNO2. The van der Waals surface area contributed by atoms with Gasteiger partial charge in [-0.25, -0.2) is 0 Å². The highest BCUT2D eigenvalue weighted by Gasteiger charge is 2.20. The standard InChI is InChI=1S/C25H54N.C6H12O2.ClH/c1-5-8-11-14-17-20-23-26(4,24-21-18-15-12-9-6-2)25-22-19-16-13-10-7-3;1-2-3-4-5-6(7)8;/h5-25H2,1-4H3;2-5H2,1H3,(H,7,8);1H/q+1;;/p-1. The Labute approximate surface area is 228 Å². The molecule has 1 N–H and O–H groups in total. The highest BCUT2D eigenvalue weighted by atomic mass is 35.5. The average Bonchev–Trinajstić information content (AvgIpc) is 2.81. The number of carboxylic acid groups (broad SMARTS) is 1. The third-order valence-electron chi connectivity index (χ3n) is 7.15. The third-order valence-corrected chi connectivity index (χ3v) is 7.15. The van der Waals surface area contributed by atoms with E-state index in [9.17, 15) is 4.79 Å². The van der Waals surface area contributed by atoms with Gasteiger partial charge in [-0.1, -0.05) is 118 Å². The van der Waals surface area contributed by atoms with Crippen LogP contribution < -0.4 is 12.4 Å². The van der Waals surface area contributed by atoms with Crippen molar-refractivity contribution in [2.75, 3.05) is 26.7 Å². The summed E-state index contributed by atoms with van der Waals surface area (Å²) >= 11 is 0. The quantitative estimate of drug-likeness (QED) is 0.102. The normalized spacial score (nSPS) is 11.0. The molecule has 0 saturated heterocycles. The highest BCUT2D eigenvalue weighted by molar-refractivity contribution is 5.66. The number of hydrogen-bond donors (Lipinski definition) is 1. The molecule has 0 spiro atoms. The van der Waals surface area contributed by atoms with Crippen molar-refractivity contribution in [3.8, 4) is 0 Å². The molecule has 0 aromatic carbocycles. The van der Waals surface area contributed by atoms with Crippen LogP contribution in [0.3, 0.4) is 0 Å². The molecule has 35 heavy (non-hydrogen) atoms. The summed E-state index contributed by atoms with van der Waals surface area (Å²) in [6, 6.07) is 0. The second kappa shape index (κ2) is 31.7. The first-order valence-corrected chi connectivity index (χ1v) is 15.5. The zero-order valence-corrected chi connectivity index (χ0v) is 25.6. The van der Waals surface area contributed by atoms with E-state index >= 15 is 0 Å². The summed E-state index contributed by atoms with van der Waals surface area (Å²) in [6.07, 6.45) is 29.1. The second-order valence-electron chi connectivity index (χ2n) is 10.9. The fourth-order valence-electron chi connectivity index (χ4n) is 4.68. The molecule has 0 saturated carbocycles. The van der Waals surface area contributed by atoms with Crippen molar-refractivity contribution in [3.05, 3.63) is 0 Å². The Balaban J connectivity index is -0.000000972. The lowest BCUT2D eigenvalue weighted by molar-refractivity contribution is -0.910. The van der Waals surface area contributed by atoms with Crippen LogP contribution in [0, 0.1) is 0 Å². The third kappa shape index (κ3) is 33.7. The molecule has 3 nitrogen and oxygen atoms in total. The van der Waals surface area contributed by atoms with Crippen LogP contribution in [-0.2, 0) is 4.79 Å². The van der Waals surface area contributed by atoms with Crippen molar-refractivity contribution in [2.24, 2.45) is 0 Å². The Morgan fingerprint density at radius 2 is 0.743 bits per heavy atom. The fourth-order valence-corrected chi connectivity index (χ4v) is 4.68. The largest absolute Gasteiger partial charge is 1.00 e. The van der Waals surface area contributed by atoms with E-state index in [1.807, 2.05) is 0 Å². The lowest BCUT2D eigenvalue weighted by atomic mass is 10.1. The van der Waals surface area contributed by atoms with E-state index in [1.165, 1.54) is 140 Å². The van der Waals surface area contributed by atoms with Crippen LogP contribution in [0.15, 0.2) is 0 Å². The molecule has 4 heteroatoms. The van der Waals surface area contributed by atoms with Crippen LogP contribution in [0.25, 0.3) is 0 Å². The summed E-state index contributed by atoms with van der Waals surface area (Å²) in [5, 5.41) is 8.14. The number of unbranched alkanes of at least 4 members (excludes halogenated alkanes) is 17. The minimum Gasteiger partial charge on any atom is -1.00 e. The zero-order valence-electron chi connectivity index (χ0n) is 24.9. The van der Waals surface area contributed by atoms with Crippen LogP contribution in [0.2, 0.25) is 0 Å². The van der Waals surface area contributed by atoms with Gasteiger partial charge < -0.3 is 22.0 Å². The lowest BCUT2D eigenvalue weighted by Crippen LogP contribution is -3.00. The molecule has 214 valence electrons. The number of carboxylic acids is 1. The molecule has 0 aromatic rings. The maximum absolute atomic E-state index is 9.87. The van der Waals surface area contributed by atoms with Crippen molar-refractivity contribution >= 4 is 5.97 Å². The fraction of sp³-hybridized carbons (Fsp3) is 0.968. The van der Waals surface area contributed by atoms with Crippen LogP contribution in [0.5, 0.6) is 0 Å². The second-order valence-corrected chi connectivity index (χ2v) is 10.9. The minimum atomic E-state index is -0.682. The number of quaternary nitrogens is 1. The first kappa shape index (κ1) is 39.2. The molecular weight excluding hydrogens is 454 g/mol. The van der Waals surface area contributed by atoms with Crippen molar-refractivity contribution in [2.45, 2.75) is 169 Å². The summed E-state index contributed by atoms with van der Waals surface area (Å²) < 4.78 is 1.36. The predicted octanol–water partition coefficient (Wildman–Crippen LogP) is 7.17. The average molecular weight is 520 g/mol. The first-order chi connectivity index (χ1) is 16.5. The van der Waals surface area contributed by atoms with Crippen molar-refractivity contribution < 1.29 is 26.8 Å². The highest BCUT2D eigenvalue weighted by Crippen LogP contribution is 2.16. The Morgan fingerprint density at radius 1 is 0.486 bits per heavy atom. The topological polar surface area (TPSA) is 37.3 Å². The number of nitrogens with zero attached hydrogens (tertiary/aromatic N) is 1. The smallest absolute Gasteiger partial charge is 0.303 e. The molecule has 0 amide bonds. The summed E-state index contributed by atoms with van der Waals surface area (Å²) in [7, 11) is 2.56. The molecule has 0 rings (SSSR count). The van der Waals surface area contributed by atoms with Gasteiger partial charge in [-0.15, -0.1) is 0 Å². The summed E-state index contributed by atoms with van der Waals surface area (Å²) in [4.78, 5) is 9.87. The van der Waals surface area contributed by atoms with Gasteiger partial charge in [0.1, 0.15) is 0 Å². The molecule has 0 unspecified atom stereocenters. The predicted molar refractivity (Wildman–Crippen MR) is 153 cm³/mol. The molecule has 0 aliphatic rings. The molecule has 0 aliphatic heterocycles. The van der Waals surface area contributed by atoms with Gasteiger partial charge >= 0.3 is 5.97 Å². The van der Waals surface area contributed by atoms with Crippen LogP contribution >= 0.6 is 0 Å². The summed E-state index contributed by atoms with van der Waals surface area (Å²) in [5.74, 6) is -0.682. The molecule has 0 aromatic heterocycles. The molecule has 0 radical (unpaired) electrons. The van der Waals surface area contributed by atoms with E-state index in [1.54, 1.807) is 0 Å². The van der Waals surface area contributed by atoms with Gasteiger partial charge in [0.25, 0.3) is 0 Å².